The number of imide groups is 1. The minimum absolute atomic E-state index is 0.00551. The lowest BCUT2D eigenvalue weighted by molar-refractivity contribution is -0.156. The van der Waals surface area contributed by atoms with Crippen LogP contribution >= 0.6 is 23.1 Å². The van der Waals surface area contributed by atoms with Crippen LogP contribution in [0, 0.1) is 42.4 Å². The van der Waals surface area contributed by atoms with E-state index in [0.717, 1.165) is 37.9 Å². The molecule has 3 aromatic rings. The van der Waals surface area contributed by atoms with Gasteiger partial charge in [0.1, 0.15) is 12.6 Å². The van der Waals surface area contributed by atoms with E-state index in [0.29, 0.717) is 18.1 Å². The summed E-state index contributed by atoms with van der Waals surface area (Å²) in [6.07, 6.45) is 0.956. The Morgan fingerprint density at radius 3 is 2.51 bits per heavy atom. The van der Waals surface area contributed by atoms with Crippen LogP contribution in [-0.2, 0) is 21.0 Å². The highest BCUT2D eigenvalue weighted by atomic mass is 32.2. The molecule has 2 N–H and O–H groups in total. The highest BCUT2D eigenvalue weighted by Crippen LogP contribution is 2.68. The first-order valence-electron chi connectivity index (χ1n) is 15.4. The van der Waals surface area contributed by atoms with Gasteiger partial charge in [0, 0.05) is 16.0 Å². The van der Waals surface area contributed by atoms with Gasteiger partial charge in [-0.1, -0.05) is 61.1 Å². The monoisotopic (exact) mass is 648 g/mol. The second kappa shape index (κ2) is 11.3. The summed E-state index contributed by atoms with van der Waals surface area (Å²) in [5, 5.41) is 10.8. The van der Waals surface area contributed by atoms with E-state index in [-0.39, 0.29) is 57.9 Å². The van der Waals surface area contributed by atoms with Gasteiger partial charge in [0.2, 0.25) is 11.8 Å². The van der Waals surface area contributed by atoms with Crippen molar-refractivity contribution >= 4 is 40.9 Å². The highest BCUT2D eigenvalue weighted by Gasteiger charge is 2.70. The number of aliphatic carboxylic acids is 1. The van der Waals surface area contributed by atoms with Crippen molar-refractivity contribution in [2.45, 2.75) is 62.5 Å². The third kappa shape index (κ3) is 4.90. The summed E-state index contributed by atoms with van der Waals surface area (Å²) in [6.45, 7) is 6.22. The summed E-state index contributed by atoms with van der Waals surface area (Å²) in [7, 11) is 1.60. The molecule has 7 unspecified atom stereocenters. The first-order chi connectivity index (χ1) is 21.6. The van der Waals surface area contributed by atoms with Crippen LogP contribution in [0.5, 0.6) is 11.5 Å². The number of aryl methyl sites for hydroxylation is 1. The Bertz CT molecular complexity index is 1750. The largest absolute Gasteiger partial charge is 0.493 e. The fourth-order valence-corrected chi connectivity index (χ4v) is 11.3. The van der Waals surface area contributed by atoms with Gasteiger partial charge in [0.25, 0.3) is 0 Å². The van der Waals surface area contributed by atoms with E-state index < -0.39 is 23.8 Å². The number of thioether (sulfide) groups is 1. The van der Waals surface area contributed by atoms with Crippen molar-refractivity contribution < 1.29 is 29.0 Å². The zero-order chi connectivity index (χ0) is 31.7. The molecule has 2 amide bonds. The molecule has 8 atom stereocenters. The lowest BCUT2D eigenvalue weighted by atomic mass is 9.68. The van der Waals surface area contributed by atoms with Crippen LogP contribution in [0.15, 0.2) is 52.3 Å². The second-order valence-electron chi connectivity index (χ2n) is 13.2. The number of carboxylic acids is 1. The molecular weight excluding hydrogens is 613 g/mol. The van der Waals surface area contributed by atoms with Crippen molar-refractivity contribution in [1.29, 1.82) is 0 Å². The number of amides is 2. The summed E-state index contributed by atoms with van der Waals surface area (Å²) in [4.78, 5) is 57.7. The second-order valence-corrected chi connectivity index (χ2v) is 15.4. The Labute approximate surface area is 269 Å². The van der Waals surface area contributed by atoms with E-state index in [4.69, 9.17) is 9.47 Å². The van der Waals surface area contributed by atoms with Gasteiger partial charge in [0.15, 0.2) is 11.5 Å². The van der Waals surface area contributed by atoms with Crippen LogP contribution < -0.4 is 14.3 Å². The van der Waals surface area contributed by atoms with E-state index in [9.17, 15) is 24.3 Å². The third-order valence-corrected chi connectivity index (χ3v) is 12.7. The van der Waals surface area contributed by atoms with Gasteiger partial charge in [-0.3, -0.25) is 19.3 Å². The van der Waals surface area contributed by atoms with E-state index in [1.165, 1.54) is 11.3 Å². The normalized spacial score (nSPS) is 28.6. The predicted molar refractivity (Wildman–Crippen MR) is 170 cm³/mol. The van der Waals surface area contributed by atoms with Crippen molar-refractivity contribution in [3.63, 3.8) is 0 Å². The molecule has 4 aliphatic rings. The molecule has 0 radical (unpaired) electrons. The average Bonchev–Trinajstić information content (AvgIpc) is 3.73. The van der Waals surface area contributed by atoms with Gasteiger partial charge in [-0.15, -0.1) is 11.8 Å². The number of fused-ring (bicyclic) bond motifs is 9. The Kier molecular flexibility index (Phi) is 7.59. The van der Waals surface area contributed by atoms with E-state index in [1.54, 1.807) is 18.9 Å². The number of carbonyl (C=O) groups excluding carboxylic acids is 2. The van der Waals surface area contributed by atoms with Gasteiger partial charge in [0.05, 0.1) is 24.0 Å². The number of hydrogen-bond donors (Lipinski definition) is 2. The average molecular weight is 649 g/mol. The number of aromatic nitrogens is 1. The highest BCUT2D eigenvalue weighted by molar-refractivity contribution is 8.00. The molecule has 2 saturated carbocycles. The van der Waals surface area contributed by atoms with Gasteiger partial charge in [-0.05, 0) is 66.7 Å². The molecule has 7 rings (SSSR count). The van der Waals surface area contributed by atoms with Gasteiger partial charge in [-0.25, -0.2) is 4.79 Å². The number of carboxylic acid groups (broad SMARTS) is 1. The number of aromatic amines is 1. The minimum atomic E-state index is -1.16. The van der Waals surface area contributed by atoms with Crippen LogP contribution in [0.4, 0.5) is 0 Å². The summed E-state index contributed by atoms with van der Waals surface area (Å²) in [5.74, 6) is -2.08. The van der Waals surface area contributed by atoms with Gasteiger partial charge >= 0.3 is 10.8 Å². The number of ether oxygens (including phenoxy) is 2. The number of methoxy groups -OCH3 is 1. The maximum atomic E-state index is 14.0. The maximum absolute atomic E-state index is 14.0. The van der Waals surface area contributed by atoms with Gasteiger partial charge < -0.3 is 19.6 Å². The van der Waals surface area contributed by atoms with E-state index in [2.05, 4.69) is 11.1 Å². The third-order valence-electron chi connectivity index (χ3n) is 10.1. The first kappa shape index (κ1) is 30.1. The molecule has 3 fully saturated rings. The first-order valence-corrected chi connectivity index (χ1v) is 17.1. The minimum Gasteiger partial charge on any atom is -0.493 e. The number of nitrogens with one attached hydrogen (secondary N) is 1. The van der Waals surface area contributed by atoms with Crippen molar-refractivity contribution in [2.24, 2.45) is 35.5 Å². The fraction of sp³-hybridized carbons (Fsp3) is 0.471. The van der Waals surface area contributed by atoms with E-state index in [1.807, 2.05) is 57.2 Å². The molecule has 1 aromatic heterocycles. The number of H-pyrrole nitrogens is 1. The summed E-state index contributed by atoms with van der Waals surface area (Å²) >= 11 is 2.80. The van der Waals surface area contributed by atoms with Crippen molar-refractivity contribution in [3.05, 3.63) is 73.7 Å². The zero-order valence-electron chi connectivity index (χ0n) is 25.5. The number of nitrogens with zero attached hydrogens (tertiary/aromatic N) is 1. The quantitative estimate of drug-likeness (QED) is 0.299. The van der Waals surface area contributed by atoms with Crippen LogP contribution in [0.1, 0.15) is 54.2 Å². The Hall–Kier alpha value is -3.57. The summed E-state index contributed by atoms with van der Waals surface area (Å²) in [6, 6.07) is 12.9. The molecule has 0 spiro atoms. The van der Waals surface area contributed by atoms with Crippen LogP contribution in [0.2, 0.25) is 0 Å². The lowest BCUT2D eigenvalue weighted by Crippen LogP contribution is -2.47. The SMILES string of the molecule is COc1cc([C@H]2c3sc(=O)[nH]c3SC3C4CC(C5C(=O)N(C(CC(C)C)C(=O)O)C(=O)C45)C32)ccc1OCc1cccc(C)c1. The summed E-state index contributed by atoms with van der Waals surface area (Å²) < 4.78 is 12.0. The number of carbonyl (C=O) groups is 3. The molecule has 2 aliphatic carbocycles. The number of thiazole rings is 1. The Morgan fingerprint density at radius 2 is 1.82 bits per heavy atom. The smallest absolute Gasteiger partial charge is 0.326 e. The number of rotatable bonds is 9. The number of likely N-dealkylation sites (tertiary alicyclic amines) is 1. The van der Waals surface area contributed by atoms with Crippen molar-refractivity contribution in [1.82, 2.24) is 9.88 Å². The molecule has 3 heterocycles. The lowest BCUT2D eigenvalue weighted by Gasteiger charge is -2.43. The fourth-order valence-electron chi connectivity index (χ4n) is 8.44. The summed E-state index contributed by atoms with van der Waals surface area (Å²) in [5.41, 5.74) is 3.17. The van der Waals surface area contributed by atoms with Crippen LogP contribution in [0.3, 0.4) is 0 Å². The Balaban J connectivity index is 1.23. The molecule has 11 heteroatoms. The predicted octanol–water partition coefficient (Wildman–Crippen LogP) is 5.31. The maximum Gasteiger partial charge on any atom is 0.326 e. The Morgan fingerprint density at radius 1 is 1.07 bits per heavy atom. The molecule has 2 bridgehead atoms. The number of benzene rings is 2. The molecular formula is C34H36N2O7S2. The van der Waals surface area contributed by atoms with Crippen LogP contribution in [0.25, 0.3) is 0 Å². The molecule has 9 nitrogen and oxygen atoms in total. The topological polar surface area (TPSA) is 126 Å². The molecule has 45 heavy (non-hydrogen) atoms. The number of hydrogen-bond acceptors (Lipinski definition) is 8. The van der Waals surface area contributed by atoms with Crippen LogP contribution in [-0.4, -0.2) is 51.2 Å². The molecule has 2 aliphatic heterocycles. The van der Waals surface area contributed by atoms with Gasteiger partial charge in [-0.2, -0.15) is 0 Å². The molecule has 236 valence electrons. The van der Waals surface area contributed by atoms with Crippen molar-refractivity contribution in [2.75, 3.05) is 7.11 Å². The zero-order valence-corrected chi connectivity index (χ0v) is 27.2. The standard InChI is InChI=1S/C34H36N2O7S2/c1-15(2)10-21(33(39)40)36-31(37)26-19-13-20(27(26)32(36)38)28-25(19)24(29-30(44-28)35-34(41)45-29)18-8-9-22(23(12-18)42-4)43-14-17-7-5-6-16(3)11-17/h5-9,11-12,15,19-21,24-28H,10,13-14H2,1-4H3,(H,35,41)(H,39,40)/t19?,20?,21?,24-,25?,26?,27?,28?/m1/s1. The van der Waals surface area contributed by atoms with Crippen molar-refractivity contribution in [3.8, 4) is 11.5 Å². The molecule has 2 aromatic carbocycles. The molecule has 1 saturated heterocycles. The van der Waals surface area contributed by atoms with E-state index >= 15 is 0 Å².